The molecule has 154 valence electrons. The number of carboxylic acids is 1. The van der Waals surface area contributed by atoms with E-state index in [9.17, 15) is 18.0 Å². The quantitative estimate of drug-likeness (QED) is 0.778. The Hall–Kier alpha value is -2.46. The summed E-state index contributed by atoms with van der Waals surface area (Å²) in [5.74, 6) is -2.77. The minimum Gasteiger partial charge on any atom is -0.475 e. The number of pyridine rings is 1. The van der Waals surface area contributed by atoms with Crippen LogP contribution in [0.4, 0.5) is 13.2 Å². The van der Waals surface area contributed by atoms with Crippen LogP contribution in [0.5, 0.6) is 0 Å². The predicted octanol–water partition coefficient (Wildman–Crippen LogP) is 2.29. The van der Waals surface area contributed by atoms with E-state index in [1.165, 1.54) is 0 Å². The van der Waals surface area contributed by atoms with Gasteiger partial charge in [0.25, 0.3) is 5.91 Å². The minimum absolute atomic E-state index is 0.0155. The Morgan fingerprint density at radius 2 is 2.11 bits per heavy atom. The molecule has 2 fully saturated rings. The molecule has 3 rings (SSSR count). The Bertz CT molecular complexity index is 684. The molecule has 0 bridgehead atoms. The Balaban J connectivity index is 0.000000345. The van der Waals surface area contributed by atoms with Crippen LogP contribution in [-0.2, 0) is 14.3 Å². The lowest BCUT2D eigenvalue weighted by Crippen LogP contribution is -2.54. The molecular weight excluding hydrogens is 381 g/mol. The number of fused-ring (bicyclic) bond motifs is 1. The zero-order valence-electron chi connectivity index (χ0n) is 15.0. The maximum atomic E-state index is 12.6. The third kappa shape index (κ3) is 5.52. The van der Waals surface area contributed by atoms with Gasteiger partial charge in [0.15, 0.2) is 0 Å². The number of carboxylic acid groups (broad SMARTS) is 1. The van der Waals surface area contributed by atoms with Crippen LogP contribution < -0.4 is 0 Å². The molecule has 2 aliphatic rings. The smallest absolute Gasteiger partial charge is 0.475 e. The van der Waals surface area contributed by atoms with E-state index in [4.69, 9.17) is 19.4 Å². The molecule has 1 saturated carbocycles. The molecule has 1 aromatic rings. The maximum absolute atomic E-state index is 12.6. The average molecular weight is 402 g/mol. The summed E-state index contributed by atoms with van der Waals surface area (Å²) >= 11 is 0. The van der Waals surface area contributed by atoms with Gasteiger partial charge in [0.2, 0.25) is 0 Å². The molecule has 0 unspecified atom stereocenters. The van der Waals surface area contributed by atoms with Crippen molar-refractivity contribution in [2.45, 2.75) is 37.3 Å². The van der Waals surface area contributed by atoms with Crippen LogP contribution in [0.3, 0.4) is 0 Å². The summed E-state index contributed by atoms with van der Waals surface area (Å²) in [6.45, 7) is 5.35. The van der Waals surface area contributed by atoms with Crippen LogP contribution in [0.1, 0.15) is 23.3 Å². The third-order valence-electron chi connectivity index (χ3n) is 4.35. The van der Waals surface area contributed by atoms with Gasteiger partial charge in [-0.1, -0.05) is 12.1 Å². The van der Waals surface area contributed by atoms with Crippen molar-refractivity contribution in [3.8, 4) is 0 Å². The van der Waals surface area contributed by atoms with Crippen molar-refractivity contribution in [1.29, 1.82) is 0 Å². The van der Waals surface area contributed by atoms with Crippen LogP contribution in [0.25, 0.3) is 0 Å². The van der Waals surface area contributed by atoms with Crippen molar-refractivity contribution in [3.63, 3.8) is 0 Å². The van der Waals surface area contributed by atoms with Crippen molar-refractivity contribution in [1.82, 2.24) is 9.88 Å². The van der Waals surface area contributed by atoms with E-state index in [0.717, 1.165) is 12.8 Å². The fourth-order valence-corrected chi connectivity index (χ4v) is 3.17. The van der Waals surface area contributed by atoms with Crippen LogP contribution in [0, 0.1) is 0 Å². The number of hydrogen-bond acceptors (Lipinski definition) is 5. The predicted molar refractivity (Wildman–Crippen MR) is 91.7 cm³/mol. The number of rotatable bonds is 4. The molecule has 1 aliphatic heterocycles. The number of hydrogen-bond donors (Lipinski definition) is 1. The number of aliphatic carboxylic acids is 1. The number of carbonyl (C=O) groups excluding carboxylic acids is 1. The average Bonchev–Trinajstić information content (AvgIpc) is 3.09. The summed E-state index contributed by atoms with van der Waals surface area (Å²) in [4.78, 5) is 27.6. The first kappa shape index (κ1) is 21.8. The number of ether oxygens (including phenoxy) is 2. The Kier molecular flexibility index (Phi) is 7.53. The van der Waals surface area contributed by atoms with Gasteiger partial charge in [0.05, 0.1) is 25.4 Å². The van der Waals surface area contributed by atoms with Gasteiger partial charge in [0.1, 0.15) is 11.8 Å². The molecule has 0 radical (unpaired) electrons. The summed E-state index contributed by atoms with van der Waals surface area (Å²) in [6.07, 6.45) is 0.141. The molecule has 1 saturated heterocycles. The highest BCUT2D eigenvalue weighted by Crippen LogP contribution is 2.32. The van der Waals surface area contributed by atoms with Gasteiger partial charge in [-0.05, 0) is 25.0 Å². The molecule has 1 amide bonds. The van der Waals surface area contributed by atoms with Gasteiger partial charge in [-0.2, -0.15) is 13.2 Å². The van der Waals surface area contributed by atoms with Gasteiger partial charge in [-0.25, -0.2) is 4.79 Å². The second kappa shape index (κ2) is 9.65. The minimum atomic E-state index is -5.08. The summed E-state index contributed by atoms with van der Waals surface area (Å²) in [7, 11) is 0. The lowest BCUT2D eigenvalue weighted by atomic mass is 10.1. The van der Waals surface area contributed by atoms with E-state index < -0.39 is 12.1 Å². The number of alkyl halides is 3. The summed E-state index contributed by atoms with van der Waals surface area (Å²) in [5, 5.41) is 7.12. The lowest BCUT2D eigenvalue weighted by Gasteiger charge is -2.38. The van der Waals surface area contributed by atoms with E-state index in [1.807, 2.05) is 17.0 Å². The lowest BCUT2D eigenvalue weighted by molar-refractivity contribution is -0.192. The highest BCUT2D eigenvalue weighted by atomic mass is 19.4. The Labute approximate surface area is 159 Å². The summed E-state index contributed by atoms with van der Waals surface area (Å²) in [5.41, 5.74) is 0.494. The van der Waals surface area contributed by atoms with Crippen LogP contribution >= 0.6 is 0 Å². The van der Waals surface area contributed by atoms with E-state index >= 15 is 0 Å². The molecule has 28 heavy (non-hydrogen) atoms. The molecule has 1 aromatic heterocycles. The second-order valence-corrected chi connectivity index (χ2v) is 6.16. The molecule has 3 atom stereocenters. The van der Waals surface area contributed by atoms with Gasteiger partial charge >= 0.3 is 12.1 Å². The van der Waals surface area contributed by atoms with Gasteiger partial charge in [-0.3, -0.25) is 9.78 Å². The van der Waals surface area contributed by atoms with E-state index in [1.54, 1.807) is 18.3 Å². The first-order valence-electron chi connectivity index (χ1n) is 8.62. The molecular formula is C18H21F3N2O5. The van der Waals surface area contributed by atoms with Crippen LogP contribution in [0.15, 0.2) is 37.1 Å². The van der Waals surface area contributed by atoms with Gasteiger partial charge in [0, 0.05) is 12.7 Å². The number of morpholine rings is 1. The zero-order chi connectivity index (χ0) is 20.7. The van der Waals surface area contributed by atoms with Gasteiger partial charge < -0.3 is 19.5 Å². The highest BCUT2D eigenvalue weighted by Gasteiger charge is 2.45. The Morgan fingerprint density at radius 3 is 2.68 bits per heavy atom. The summed E-state index contributed by atoms with van der Waals surface area (Å²) in [6, 6.07) is 5.49. The van der Waals surface area contributed by atoms with Crippen molar-refractivity contribution >= 4 is 11.9 Å². The first-order valence-corrected chi connectivity index (χ1v) is 8.62. The number of halogens is 3. The van der Waals surface area contributed by atoms with E-state index in [-0.39, 0.29) is 24.2 Å². The van der Waals surface area contributed by atoms with Crippen molar-refractivity contribution in [2.75, 3.05) is 19.8 Å². The molecule has 2 heterocycles. The zero-order valence-corrected chi connectivity index (χ0v) is 15.0. The monoisotopic (exact) mass is 402 g/mol. The first-order chi connectivity index (χ1) is 13.3. The SMILES string of the molecule is C=CCO[C@@H]1CC[C@H]2[C@H]1OCCN2C(=O)c1ccccn1.O=C(O)C(F)(F)F. The number of aromatic nitrogens is 1. The summed E-state index contributed by atoms with van der Waals surface area (Å²) < 4.78 is 43.3. The van der Waals surface area contributed by atoms with E-state index in [2.05, 4.69) is 11.6 Å². The van der Waals surface area contributed by atoms with Crippen molar-refractivity contribution in [3.05, 3.63) is 42.7 Å². The van der Waals surface area contributed by atoms with Crippen LogP contribution in [-0.4, -0.2) is 71.1 Å². The second-order valence-electron chi connectivity index (χ2n) is 6.16. The molecule has 0 spiro atoms. The standard InChI is InChI=1S/C16H20N2O3.C2HF3O2/c1-2-10-20-14-7-6-13-15(14)21-11-9-18(13)16(19)12-5-3-4-8-17-12;3-2(4,5)1(6)7/h2-5,8,13-15H,1,6-7,9-11H2;(H,6,7)/t13-,14+,15+;/m0./s1. The largest absolute Gasteiger partial charge is 0.490 e. The maximum Gasteiger partial charge on any atom is 0.490 e. The number of carbonyl (C=O) groups is 2. The number of nitrogens with zero attached hydrogens (tertiary/aromatic N) is 2. The van der Waals surface area contributed by atoms with Crippen molar-refractivity contribution < 1.29 is 37.3 Å². The topological polar surface area (TPSA) is 89.0 Å². The molecule has 0 aromatic carbocycles. The van der Waals surface area contributed by atoms with Gasteiger partial charge in [-0.15, -0.1) is 6.58 Å². The molecule has 7 nitrogen and oxygen atoms in total. The van der Waals surface area contributed by atoms with Crippen LogP contribution in [0.2, 0.25) is 0 Å². The Morgan fingerprint density at radius 1 is 1.39 bits per heavy atom. The third-order valence-corrected chi connectivity index (χ3v) is 4.35. The molecule has 1 N–H and O–H groups in total. The molecule has 10 heteroatoms. The van der Waals surface area contributed by atoms with E-state index in [0.29, 0.717) is 25.5 Å². The fraction of sp³-hybridized carbons (Fsp3) is 0.500. The fourth-order valence-electron chi connectivity index (χ4n) is 3.17. The molecule has 1 aliphatic carbocycles. The number of amides is 1. The van der Waals surface area contributed by atoms with Crippen molar-refractivity contribution in [2.24, 2.45) is 0 Å². The normalized spacial score (nSPS) is 24.0. The highest BCUT2D eigenvalue weighted by molar-refractivity contribution is 5.92.